The molecular formula is C24H22F3N7. The molecule has 0 amide bonds. The number of benzene rings is 2. The second-order valence-electron chi connectivity index (χ2n) is 7.82. The largest absolute Gasteiger partial charge is 0.416 e. The van der Waals surface area contributed by atoms with Gasteiger partial charge in [-0.2, -0.15) is 18.3 Å². The third kappa shape index (κ3) is 5.28. The molecule has 4 aromatic rings. The quantitative estimate of drug-likeness (QED) is 0.331. The van der Waals surface area contributed by atoms with Crippen LogP contribution < -0.4 is 10.2 Å². The summed E-state index contributed by atoms with van der Waals surface area (Å²) in [4.78, 5) is 15.2. The van der Waals surface area contributed by atoms with Crippen LogP contribution in [0.2, 0.25) is 0 Å². The van der Waals surface area contributed by atoms with E-state index in [9.17, 15) is 13.2 Å². The van der Waals surface area contributed by atoms with Crippen LogP contribution in [-0.4, -0.2) is 29.0 Å². The maximum Gasteiger partial charge on any atom is 0.416 e. The molecule has 34 heavy (non-hydrogen) atoms. The summed E-state index contributed by atoms with van der Waals surface area (Å²) in [6.45, 7) is 2.11. The Labute approximate surface area is 194 Å². The van der Waals surface area contributed by atoms with E-state index in [0.717, 1.165) is 34.4 Å². The van der Waals surface area contributed by atoms with Gasteiger partial charge in [-0.3, -0.25) is 4.98 Å². The Balaban J connectivity index is 1.45. The summed E-state index contributed by atoms with van der Waals surface area (Å²) >= 11 is 0. The molecule has 0 fully saturated rings. The number of alkyl halides is 3. The van der Waals surface area contributed by atoms with Gasteiger partial charge < -0.3 is 10.2 Å². The predicted octanol–water partition coefficient (Wildman–Crippen LogP) is 6.45. The van der Waals surface area contributed by atoms with Gasteiger partial charge in [-0.05, 0) is 43.3 Å². The van der Waals surface area contributed by atoms with E-state index in [1.54, 1.807) is 18.2 Å². The van der Waals surface area contributed by atoms with Crippen molar-refractivity contribution in [3.8, 4) is 0 Å². The molecule has 174 valence electrons. The van der Waals surface area contributed by atoms with Gasteiger partial charge in [0.15, 0.2) is 0 Å². The minimum Gasteiger partial charge on any atom is -0.376 e. The van der Waals surface area contributed by atoms with Gasteiger partial charge in [0.1, 0.15) is 6.54 Å². The first-order valence-corrected chi connectivity index (χ1v) is 10.4. The van der Waals surface area contributed by atoms with E-state index in [2.05, 4.69) is 30.5 Å². The highest BCUT2D eigenvalue weighted by molar-refractivity contribution is 5.92. The lowest BCUT2D eigenvalue weighted by Crippen LogP contribution is -2.09. The normalized spacial score (nSPS) is 11.8. The number of halogens is 3. The molecular weight excluding hydrogens is 443 g/mol. The van der Waals surface area contributed by atoms with Crippen LogP contribution >= 0.6 is 0 Å². The zero-order valence-corrected chi connectivity index (χ0v) is 18.8. The van der Waals surface area contributed by atoms with Crippen LogP contribution in [0.25, 0.3) is 10.9 Å². The monoisotopic (exact) mass is 465 g/mol. The smallest absolute Gasteiger partial charge is 0.376 e. The summed E-state index contributed by atoms with van der Waals surface area (Å²) in [7, 11) is 3.90. The molecule has 0 aliphatic heterocycles. The number of azo groups is 1. The fourth-order valence-corrected chi connectivity index (χ4v) is 3.38. The van der Waals surface area contributed by atoms with Crippen LogP contribution in [0.3, 0.4) is 0 Å². The van der Waals surface area contributed by atoms with Crippen molar-refractivity contribution < 1.29 is 13.2 Å². The molecule has 2 aromatic heterocycles. The van der Waals surface area contributed by atoms with Gasteiger partial charge in [-0.15, -0.1) is 5.11 Å². The Morgan fingerprint density at radius 1 is 0.971 bits per heavy atom. The first kappa shape index (κ1) is 23.1. The van der Waals surface area contributed by atoms with Crippen LogP contribution in [-0.2, 0) is 12.7 Å². The zero-order valence-electron chi connectivity index (χ0n) is 18.8. The van der Waals surface area contributed by atoms with Crippen molar-refractivity contribution in [3.05, 3.63) is 77.7 Å². The lowest BCUT2D eigenvalue weighted by molar-refractivity contribution is -0.137. The second kappa shape index (κ2) is 9.42. The molecule has 0 saturated heterocycles. The highest BCUT2D eigenvalue weighted by Crippen LogP contribution is 2.31. The molecule has 0 aliphatic rings. The molecule has 0 saturated carbocycles. The Kier molecular flexibility index (Phi) is 6.40. The lowest BCUT2D eigenvalue weighted by Gasteiger charge is -2.15. The van der Waals surface area contributed by atoms with Crippen molar-refractivity contribution in [1.82, 2.24) is 15.0 Å². The van der Waals surface area contributed by atoms with Crippen molar-refractivity contribution in [1.29, 1.82) is 0 Å². The molecule has 2 aromatic carbocycles. The fraction of sp³-hybridized carbons (Fsp3) is 0.208. The molecule has 10 heteroatoms. The van der Waals surface area contributed by atoms with Crippen molar-refractivity contribution >= 4 is 33.9 Å². The van der Waals surface area contributed by atoms with Crippen LogP contribution in [0.5, 0.6) is 0 Å². The van der Waals surface area contributed by atoms with E-state index in [-0.39, 0.29) is 12.5 Å². The number of para-hydroxylation sites is 1. The van der Waals surface area contributed by atoms with Gasteiger partial charge in [-0.25, -0.2) is 9.97 Å². The highest BCUT2D eigenvalue weighted by atomic mass is 19.4. The molecule has 0 spiro atoms. The summed E-state index contributed by atoms with van der Waals surface area (Å²) in [6.07, 6.45) is -2.86. The molecule has 0 bridgehead atoms. The van der Waals surface area contributed by atoms with Gasteiger partial charge in [0.2, 0.25) is 0 Å². The van der Waals surface area contributed by atoms with Gasteiger partial charge in [0.05, 0.1) is 40.0 Å². The maximum absolute atomic E-state index is 12.9. The Morgan fingerprint density at radius 2 is 1.76 bits per heavy atom. The average molecular weight is 465 g/mol. The number of hydrogen-bond donors (Lipinski definition) is 1. The van der Waals surface area contributed by atoms with E-state index in [1.165, 1.54) is 12.3 Å². The second-order valence-corrected chi connectivity index (χ2v) is 7.82. The summed E-state index contributed by atoms with van der Waals surface area (Å²) in [5.41, 5.74) is 3.39. The first-order chi connectivity index (χ1) is 16.2. The Hall–Kier alpha value is -4.08. The molecule has 2 heterocycles. The van der Waals surface area contributed by atoms with Crippen LogP contribution in [0.1, 0.15) is 17.0 Å². The Morgan fingerprint density at radius 3 is 2.47 bits per heavy atom. The summed E-state index contributed by atoms with van der Waals surface area (Å²) in [6, 6.07) is 14.4. The van der Waals surface area contributed by atoms with Gasteiger partial charge in [0.25, 0.3) is 5.95 Å². The summed E-state index contributed by atoms with van der Waals surface area (Å²) in [5.74, 6) is 0.266. The number of nitrogens with zero attached hydrogens (tertiary/aromatic N) is 6. The maximum atomic E-state index is 12.9. The number of anilines is 3. The number of aromatic nitrogens is 3. The first-order valence-electron chi connectivity index (χ1n) is 10.4. The highest BCUT2D eigenvalue weighted by Gasteiger charge is 2.30. The van der Waals surface area contributed by atoms with Crippen molar-refractivity contribution in [2.45, 2.75) is 19.6 Å². The topological polar surface area (TPSA) is 78.7 Å². The molecule has 0 radical (unpaired) electrons. The molecule has 0 atom stereocenters. The van der Waals surface area contributed by atoms with Crippen molar-refractivity contribution in [2.75, 3.05) is 24.3 Å². The number of aryl methyl sites for hydroxylation is 1. The number of pyridine rings is 1. The minimum absolute atomic E-state index is 0.208. The van der Waals surface area contributed by atoms with Crippen LogP contribution in [0.4, 0.5) is 36.2 Å². The van der Waals surface area contributed by atoms with Gasteiger partial charge in [0, 0.05) is 25.2 Å². The van der Waals surface area contributed by atoms with E-state index in [0.29, 0.717) is 17.1 Å². The lowest BCUT2D eigenvalue weighted by atomic mass is 10.1. The summed E-state index contributed by atoms with van der Waals surface area (Å²) < 4.78 is 38.7. The molecule has 1 N–H and O–H groups in total. The standard InChI is InChI=1S/C24H22F3N7/c1-15-20-8-5-9-21(34(2)3)22(20)32-23(30-15)33-29-14-18-10-11-19(13-28-18)31-17-7-4-6-16(12-17)24(25,26)27/h4-13,31H,14H2,1-3H3. The van der Waals surface area contributed by atoms with E-state index in [1.807, 2.05) is 44.1 Å². The average Bonchev–Trinajstić information content (AvgIpc) is 2.79. The van der Waals surface area contributed by atoms with Crippen molar-refractivity contribution in [2.24, 2.45) is 10.2 Å². The molecule has 7 nitrogen and oxygen atoms in total. The van der Waals surface area contributed by atoms with E-state index in [4.69, 9.17) is 0 Å². The third-order valence-electron chi connectivity index (χ3n) is 5.06. The number of fused-ring (bicyclic) bond motifs is 1. The van der Waals surface area contributed by atoms with E-state index < -0.39 is 11.7 Å². The van der Waals surface area contributed by atoms with Gasteiger partial charge >= 0.3 is 6.18 Å². The minimum atomic E-state index is -4.40. The van der Waals surface area contributed by atoms with Crippen LogP contribution in [0.15, 0.2) is 71.0 Å². The molecule has 4 rings (SSSR count). The Bertz CT molecular complexity index is 1330. The number of hydrogen-bond acceptors (Lipinski definition) is 7. The fourth-order valence-electron chi connectivity index (χ4n) is 3.38. The zero-order chi connectivity index (χ0) is 24.3. The van der Waals surface area contributed by atoms with Crippen LogP contribution in [0, 0.1) is 6.92 Å². The molecule has 0 unspecified atom stereocenters. The molecule has 0 aliphatic carbocycles. The van der Waals surface area contributed by atoms with Crippen molar-refractivity contribution in [3.63, 3.8) is 0 Å². The predicted molar refractivity (Wildman–Crippen MR) is 126 cm³/mol. The number of rotatable bonds is 6. The SMILES string of the molecule is Cc1nc(N=NCc2ccc(Nc3cccc(C(F)(F)F)c3)cn2)nc2c(N(C)C)cccc12. The third-order valence-corrected chi connectivity index (χ3v) is 5.06. The number of nitrogens with one attached hydrogen (secondary N) is 1. The van der Waals surface area contributed by atoms with E-state index >= 15 is 0 Å². The van der Waals surface area contributed by atoms with Gasteiger partial charge in [-0.1, -0.05) is 18.2 Å². The summed E-state index contributed by atoms with van der Waals surface area (Å²) in [5, 5.41) is 12.2.